The first-order chi connectivity index (χ1) is 15.8. The van der Waals surface area contributed by atoms with Crippen molar-refractivity contribution in [2.45, 2.75) is 17.7 Å². The molecule has 0 atom stereocenters. The van der Waals surface area contributed by atoms with E-state index in [0.29, 0.717) is 30.0 Å². The van der Waals surface area contributed by atoms with Gasteiger partial charge in [-0.3, -0.25) is 13.9 Å². The molecule has 1 heterocycles. The Bertz CT molecular complexity index is 1320. The van der Waals surface area contributed by atoms with Gasteiger partial charge in [-0.1, -0.05) is 12.1 Å². The normalized spacial score (nSPS) is 13.0. The predicted molar refractivity (Wildman–Crippen MR) is 126 cm³/mol. The first kappa shape index (κ1) is 22.3. The molecule has 0 saturated heterocycles. The van der Waals surface area contributed by atoms with Gasteiger partial charge in [0, 0.05) is 24.8 Å². The number of amides is 2. The Balaban J connectivity index is 1.62. The fourth-order valence-corrected chi connectivity index (χ4v) is 4.89. The van der Waals surface area contributed by atoms with Crippen molar-refractivity contribution in [2.24, 2.45) is 0 Å². The smallest absolute Gasteiger partial charge is 0.264 e. The zero-order valence-corrected chi connectivity index (χ0v) is 19.0. The third-order valence-electron chi connectivity index (χ3n) is 5.47. The van der Waals surface area contributed by atoms with Crippen molar-refractivity contribution in [3.63, 3.8) is 0 Å². The summed E-state index contributed by atoms with van der Waals surface area (Å²) in [6.07, 6.45) is 0.774. The second-order valence-corrected chi connectivity index (χ2v) is 9.51. The Morgan fingerprint density at radius 3 is 2.48 bits per heavy atom. The van der Waals surface area contributed by atoms with Crippen LogP contribution in [0.1, 0.15) is 22.3 Å². The Kier molecular flexibility index (Phi) is 6.06. The van der Waals surface area contributed by atoms with Crippen LogP contribution >= 0.6 is 0 Å². The number of nitrogens with zero attached hydrogens (tertiary/aromatic N) is 1. The van der Waals surface area contributed by atoms with E-state index in [2.05, 4.69) is 10.6 Å². The van der Waals surface area contributed by atoms with Crippen LogP contribution in [0.25, 0.3) is 0 Å². The van der Waals surface area contributed by atoms with Crippen molar-refractivity contribution < 1.29 is 22.7 Å². The number of benzene rings is 3. The van der Waals surface area contributed by atoms with Crippen molar-refractivity contribution >= 4 is 38.9 Å². The molecule has 0 bridgehead atoms. The average Bonchev–Trinajstić information content (AvgIpc) is 2.83. The van der Waals surface area contributed by atoms with Gasteiger partial charge in [-0.2, -0.15) is 0 Å². The van der Waals surface area contributed by atoms with E-state index in [-0.39, 0.29) is 22.1 Å². The lowest BCUT2D eigenvalue weighted by molar-refractivity contribution is -0.116. The highest BCUT2D eigenvalue weighted by atomic mass is 32.2. The second kappa shape index (κ2) is 8.95. The van der Waals surface area contributed by atoms with Crippen LogP contribution in [0.15, 0.2) is 71.6 Å². The third-order valence-corrected chi connectivity index (χ3v) is 7.23. The summed E-state index contributed by atoms with van der Waals surface area (Å²) in [7, 11) is -0.986. The van der Waals surface area contributed by atoms with Crippen LogP contribution in [0.2, 0.25) is 0 Å². The lowest BCUT2D eigenvalue weighted by Crippen LogP contribution is -2.29. The number of sulfonamides is 1. The van der Waals surface area contributed by atoms with E-state index in [1.165, 1.54) is 13.1 Å². The van der Waals surface area contributed by atoms with E-state index in [9.17, 15) is 18.0 Å². The standard InChI is InChI=1S/C24H23N3O5S/c1-27(33(30,31)19-12-13-21-16(15-19)7-14-23(28)26-21)22-6-4-3-5-20(22)24(29)25-17-8-10-18(32-2)11-9-17/h3-6,8-13,15H,7,14H2,1-2H3,(H,25,29)(H,26,28). The number of nitrogens with one attached hydrogen (secondary N) is 2. The zero-order chi connectivity index (χ0) is 23.6. The summed E-state index contributed by atoms with van der Waals surface area (Å²) >= 11 is 0. The fourth-order valence-electron chi connectivity index (χ4n) is 3.62. The number of hydrogen-bond acceptors (Lipinski definition) is 5. The Hall–Kier alpha value is -3.85. The molecule has 2 amide bonds. The average molecular weight is 466 g/mol. The zero-order valence-electron chi connectivity index (χ0n) is 18.2. The van der Waals surface area contributed by atoms with Crippen LogP contribution in [0.4, 0.5) is 17.1 Å². The number of hydrogen-bond donors (Lipinski definition) is 2. The van der Waals surface area contributed by atoms with Crippen LogP contribution in [0, 0.1) is 0 Å². The van der Waals surface area contributed by atoms with Crippen LogP contribution in [0.3, 0.4) is 0 Å². The Morgan fingerprint density at radius 1 is 1.03 bits per heavy atom. The molecule has 170 valence electrons. The number of para-hydroxylation sites is 1. The molecule has 0 aromatic heterocycles. The molecule has 0 saturated carbocycles. The molecule has 0 radical (unpaired) electrons. The van der Waals surface area contributed by atoms with Crippen LogP contribution < -0.4 is 19.7 Å². The first-order valence-electron chi connectivity index (χ1n) is 10.3. The van der Waals surface area contributed by atoms with Gasteiger partial charge >= 0.3 is 0 Å². The first-order valence-corrected chi connectivity index (χ1v) is 11.7. The van der Waals surface area contributed by atoms with E-state index in [0.717, 1.165) is 9.87 Å². The van der Waals surface area contributed by atoms with Gasteiger partial charge in [-0.05, 0) is 66.6 Å². The van der Waals surface area contributed by atoms with Gasteiger partial charge < -0.3 is 15.4 Å². The maximum absolute atomic E-state index is 13.4. The highest BCUT2D eigenvalue weighted by Crippen LogP contribution is 2.30. The fraction of sp³-hybridized carbons (Fsp3) is 0.167. The molecule has 1 aliphatic heterocycles. The number of rotatable bonds is 6. The molecular weight excluding hydrogens is 442 g/mol. The molecule has 0 unspecified atom stereocenters. The van der Waals surface area contributed by atoms with Gasteiger partial charge in [0.25, 0.3) is 15.9 Å². The molecule has 8 nitrogen and oxygen atoms in total. The molecule has 1 aliphatic rings. The number of carbonyl (C=O) groups excluding carboxylic acids is 2. The summed E-state index contributed by atoms with van der Waals surface area (Å²) in [6.45, 7) is 0. The number of fused-ring (bicyclic) bond motifs is 1. The molecule has 2 N–H and O–H groups in total. The Labute approximate surface area is 192 Å². The van der Waals surface area contributed by atoms with Crippen molar-refractivity contribution in [3.05, 3.63) is 77.9 Å². The number of carbonyl (C=O) groups is 2. The molecule has 9 heteroatoms. The maximum Gasteiger partial charge on any atom is 0.264 e. The summed E-state index contributed by atoms with van der Waals surface area (Å²) in [5.41, 5.74) is 2.39. The quantitative estimate of drug-likeness (QED) is 0.578. The lowest BCUT2D eigenvalue weighted by Gasteiger charge is -2.23. The van der Waals surface area contributed by atoms with Gasteiger partial charge in [0.1, 0.15) is 5.75 Å². The largest absolute Gasteiger partial charge is 0.497 e. The van der Waals surface area contributed by atoms with Gasteiger partial charge in [0.05, 0.1) is 23.3 Å². The molecular formula is C24H23N3O5S. The number of anilines is 3. The van der Waals surface area contributed by atoms with Crippen LogP contribution in [-0.4, -0.2) is 34.4 Å². The van der Waals surface area contributed by atoms with Crippen LogP contribution in [0.5, 0.6) is 5.75 Å². The predicted octanol–water partition coefficient (Wildman–Crippen LogP) is 3.66. The van der Waals surface area contributed by atoms with Gasteiger partial charge in [0.2, 0.25) is 5.91 Å². The van der Waals surface area contributed by atoms with Gasteiger partial charge in [-0.25, -0.2) is 8.42 Å². The Morgan fingerprint density at radius 2 is 1.76 bits per heavy atom. The van der Waals surface area contributed by atoms with Crippen molar-refractivity contribution in [1.82, 2.24) is 0 Å². The van der Waals surface area contributed by atoms with Gasteiger partial charge in [0.15, 0.2) is 0 Å². The summed E-state index contributed by atoms with van der Waals surface area (Å²) in [5.74, 6) is 0.127. The van der Waals surface area contributed by atoms with Crippen LogP contribution in [-0.2, 0) is 21.2 Å². The minimum absolute atomic E-state index is 0.0882. The molecule has 3 aromatic rings. The minimum atomic E-state index is -3.95. The van der Waals surface area contributed by atoms with E-state index >= 15 is 0 Å². The van der Waals surface area contributed by atoms with E-state index < -0.39 is 15.9 Å². The van der Waals surface area contributed by atoms with E-state index in [4.69, 9.17) is 4.74 Å². The highest BCUT2D eigenvalue weighted by Gasteiger charge is 2.27. The molecule has 33 heavy (non-hydrogen) atoms. The molecule has 0 fully saturated rings. The number of ether oxygens (including phenoxy) is 1. The summed E-state index contributed by atoms with van der Waals surface area (Å²) in [5, 5.41) is 5.53. The maximum atomic E-state index is 13.4. The highest BCUT2D eigenvalue weighted by molar-refractivity contribution is 7.92. The molecule has 4 rings (SSSR count). The number of methoxy groups -OCH3 is 1. The summed E-state index contributed by atoms with van der Waals surface area (Å²) in [6, 6.07) is 18.0. The molecule has 3 aromatic carbocycles. The molecule has 0 aliphatic carbocycles. The van der Waals surface area contributed by atoms with Crippen molar-refractivity contribution in [3.8, 4) is 5.75 Å². The second-order valence-electron chi connectivity index (χ2n) is 7.54. The lowest BCUT2D eigenvalue weighted by atomic mass is 10.0. The SMILES string of the molecule is COc1ccc(NC(=O)c2ccccc2N(C)S(=O)(=O)c2ccc3c(c2)CCC(=O)N3)cc1. The van der Waals surface area contributed by atoms with Gasteiger partial charge in [-0.15, -0.1) is 0 Å². The van der Waals surface area contributed by atoms with Crippen molar-refractivity contribution in [1.29, 1.82) is 0 Å². The van der Waals surface area contributed by atoms with E-state index in [1.54, 1.807) is 67.8 Å². The number of aryl methyl sites for hydroxylation is 1. The topological polar surface area (TPSA) is 105 Å². The minimum Gasteiger partial charge on any atom is -0.497 e. The third kappa shape index (κ3) is 4.54. The summed E-state index contributed by atoms with van der Waals surface area (Å²) in [4.78, 5) is 24.6. The summed E-state index contributed by atoms with van der Waals surface area (Å²) < 4.78 is 33.0. The van der Waals surface area contributed by atoms with E-state index in [1.807, 2.05) is 0 Å². The molecule has 0 spiro atoms. The van der Waals surface area contributed by atoms with Crippen molar-refractivity contribution in [2.75, 3.05) is 29.1 Å². The monoisotopic (exact) mass is 465 g/mol.